The molecule has 1 unspecified atom stereocenters. The highest BCUT2D eigenvalue weighted by Gasteiger charge is 2.24. The highest BCUT2D eigenvalue weighted by molar-refractivity contribution is 5.80. The first-order valence-electron chi connectivity index (χ1n) is 12.7. The molecule has 0 aliphatic carbocycles. The van der Waals surface area contributed by atoms with E-state index in [1.807, 2.05) is 12.1 Å². The van der Waals surface area contributed by atoms with Crippen LogP contribution in [0.4, 0.5) is 0 Å². The molecule has 1 saturated heterocycles. The SMILES string of the molecule is COc1cc2c(cc1OC)CC(=O)N(CCCC1CCCN(CCc3cccc(C)n3)C1)CC2. The number of hydrogen-bond acceptors (Lipinski definition) is 5. The van der Waals surface area contributed by atoms with Crippen LogP contribution in [0.5, 0.6) is 11.5 Å². The predicted octanol–water partition coefficient (Wildman–Crippen LogP) is 4.07. The summed E-state index contributed by atoms with van der Waals surface area (Å²) in [6, 6.07) is 10.3. The van der Waals surface area contributed by atoms with Crippen molar-refractivity contribution >= 4 is 5.91 Å². The van der Waals surface area contributed by atoms with Gasteiger partial charge >= 0.3 is 0 Å². The maximum Gasteiger partial charge on any atom is 0.227 e. The van der Waals surface area contributed by atoms with Gasteiger partial charge in [0.25, 0.3) is 0 Å². The van der Waals surface area contributed by atoms with Crippen molar-refractivity contribution in [3.05, 3.63) is 52.8 Å². The van der Waals surface area contributed by atoms with Crippen LogP contribution in [-0.2, 0) is 24.1 Å². The van der Waals surface area contributed by atoms with Gasteiger partial charge in [-0.05, 0) is 86.9 Å². The third kappa shape index (κ3) is 6.29. The number of methoxy groups -OCH3 is 2. The largest absolute Gasteiger partial charge is 0.493 e. The molecule has 0 spiro atoms. The molecule has 6 heteroatoms. The summed E-state index contributed by atoms with van der Waals surface area (Å²) >= 11 is 0. The van der Waals surface area contributed by atoms with Crippen LogP contribution in [0.25, 0.3) is 0 Å². The molecule has 4 rings (SSSR count). The number of hydrogen-bond donors (Lipinski definition) is 0. The first-order chi connectivity index (χ1) is 16.6. The normalized spacial score (nSPS) is 19.0. The van der Waals surface area contributed by atoms with Gasteiger partial charge in [0.1, 0.15) is 0 Å². The summed E-state index contributed by atoms with van der Waals surface area (Å²) < 4.78 is 10.9. The standard InChI is InChI=1S/C28H39N3O3/c1-21-7-4-10-25(29-21)12-15-30-13-5-8-22(20-30)9-6-14-31-16-11-23-17-26(33-2)27(34-3)18-24(23)19-28(31)32/h4,7,10,17-18,22H,5-6,8-9,11-16,19-20H2,1-3H3. The van der Waals surface area contributed by atoms with E-state index in [0.29, 0.717) is 12.2 Å². The number of ether oxygens (including phenoxy) is 2. The second kappa shape index (κ2) is 11.7. The predicted molar refractivity (Wildman–Crippen MR) is 135 cm³/mol. The molecule has 1 aromatic heterocycles. The number of fused-ring (bicyclic) bond motifs is 1. The summed E-state index contributed by atoms with van der Waals surface area (Å²) in [5.41, 5.74) is 4.55. The molecule has 2 aliphatic heterocycles. The van der Waals surface area contributed by atoms with Crippen molar-refractivity contribution < 1.29 is 14.3 Å². The number of aryl methyl sites for hydroxylation is 1. The molecule has 0 N–H and O–H groups in total. The summed E-state index contributed by atoms with van der Waals surface area (Å²) in [5.74, 6) is 2.39. The van der Waals surface area contributed by atoms with Crippen molar-refractivity contribution in [1.29, 1.82) is 0 Å². The topological polar surface area (TPSA) is 54.9 Å². The van der Waals surface area contributed by atoms with E-state index in [1.165, 1.54) is 43.6 Å². The number of pyridine rings is 1. The van der Waals surface area contributed by atoms with Crippen LogP contribution >= 0.6 is 0 Å². The molecule has 34 heavy (non-hydrogen) atoms. The van der Waals surface area contributed by atoms with Crippen LogP contribution in [0.3, 0.4) is 0 Å². The van der Waals surface area contributed by atoms with E-state index in [1.54, 1.807) is 14.2 Å². The van der Waals surface area contributed by atoms with Crippen LogP contribution in [0, 0.1) is 12.8 Å². The number of likely N-dealkylation sites (tertiary alicyclic amines) is 1. The second-order valence-corrected chi connectivity index (χ2v) is 9.75. The fourth-order valence-corrected chi connectivity index (χ4v) is 5.42. The molecule has 2 aliphatic rings. The maximum absolute atomic E-state index is 12.9. The van der Waals surface area contributed by atoms with E-state index in [2.05, 4.69) is 39.9 Å². The van der Waals surface area contributed by atoms with Crippen LogP contribution in [0.15, 0.2) is 30.3 Å². The minimum atomic E-state index is 0.224. The lowest BCUT2D eigenvalue weighted by molar-refractivity contribution is -0.130. The quantitative estimate of drug-likeness (QED) is 0.559. The Hall–Kier alpha value is -2.60. The molecule has 1 atom stereocenters. The number of piperidine rings is 1. The highest BCUT2D eigenvalue weighted by Crippen LogP contribution is 2.32. The molecule has 3 heterocycles. The Labute approximate surface area is 204 Å². The molecule has 2 aromatic rings. The van der Waals surface area contributed by atoms with Gasteiger partial charge in [-0.1, -0.05) is 6.07 Å². The lowest BCUT2D eigenvalue weighted by atomic mass is 9.93. The van der Waals surface area contributed by atoms with Gasteiger partial charge < -0.3 is 19.3 Å². The van der Waals surface area contributed by atoms with Crippen molar-refractivity contribution in [3.63, 3.8) is 0 Å². The van der Waals surface area contributed by atoms with E-state index in [4.69, 9.17) is 9.47 Å². The van der Waals surface area contributed by atoms with Crippen LogP contribution in [0.2, 0.25) is 0 Å². The van der Waals surface area contributed by atoms with Crippen molar-refractivity contribution in [2.24, 2.45) is 5.92 Å². The van der Waals surface area contributed by atoms with Crippen molar-refractivity contribution in [3.8, 4) is 11.5 Å². The molecule has 184 valence electrons. The van der Waals surface area contributed by atoms with Gasteiger partial charge in [-0.2, -0.15) is 0 Å². The van der Waals surface area contributed by atoms with Gasteiger partial charge in [0.05, 0.1) is 20.6 Å². The number of carbonyl (C=O) groups excluding carboxylic acids is 1. The summed E-state index contributed by atoms with van der Waals surface area (Å²) in [6.07, 6.45) is 7.17. The summed E-state index contributed by atoms with van der Waals surface area (Å²) in [5, 5.41) is 0. The van der Waals surface area contributed by atoms with Crippen LogP contribution in [-0.4, -0.2) is 67.6 Å². The molecular formula is C28H39N3O3. The monoisotopic (exact) mass is 465 g/mol. The number of carbonyl (C=O) groups is 1. The van der Waals surface area contributed by atoms with Crippen LogP contribution in [0.1, 0.15) is 48.2 Å². The zero-order valence-electron chi connectivity index (χ0n) is 21.0. The Bertz CT molecular complexity index is 977. The summed E-state index contributed by atoms with van der Waals surface area (Å²) in [6.45, 7) is 7.14. The Morgan fingerprint density at radius 2 is 1.85 bits per heavy atom. The van der Waals surface area contributed by atoms with E-state index in [0.717, 1.165) is 61.8 Å². The van der Waals surface area contributed by atoms with E-state index < -0.39 is 0 Å². The van der Waals surface area contributed by atoms with Crippen LogP contribution < -0.4 is 9.47 Å². The van der Waals surface area contributed by atoms with Gasteiger partial charge in [-0.25, -0.2) is 0 Å². The molecular weight excluding hydrogens is 426 g/mol. The molecule has 1 amide bonds. The maximum atomic E-state index is 12.9. The minimum absolute atomic E-state index is 0.224. The first-order valence-corrected chi connectivity index (χ1v) is 12.7. The van der Waals surface area contributed by atoms with Crippen molar-refractivity contribution in [2.75, 3.05) is 46.9 Å². The van der Waals surface area contributed by atoms with Gasteiger partial charge in [-0.3, -0.25) is 9.78 Å². The number of rotatable bonds is 9. The second-order valence-electron chi connectivity index (χ2n) is 9.75. The average molecular weight is 466 g/mol. The molecule has 1 fully saturated rings. The van der Waals surface area contributed by atoms with Crippen molar-refractivity contribution in [1.82, 2.24) is 14.8 Å². The molecule has 1 aromatic carbocycles. The zero-order valence-corrected chi connectivity index (χ0v) is 21.0. The summed E-state index contributed by atoms with van der Waals surface area (Å²) in [4.78, 5) is 22.3. The molecule has 0 saturated carbocycles. The zero-order chi connectivity index (χ0) is 23.9. The number of nitrogens with zero attached hydrogens (tertiary/aromatic N) is 3. The fraction of sp³-hybridized carbons (Fsp3) is 0.571. The Morgan fingerprint density at radius 1 is 1.06 bits per heavy atom. The first kappa shape index (κ1) is 24.5. The Kier molecular flexibility index (Phi) is 8.44. The minimum Gasteiger partial charge on any atom is -0.493 e. The number of aromatic nitrogens is 1. The number of amides is 1. The molecule has 0 bridgehead atoms. The van der Waals surface area contributed by atoms with E-state index >= 15 is 0 Å². The lowest BCUT2D eigenvalue weighted by Crippen LogP contribution is -2.37. The molecule has 6 nitrogen and oxygen atoms in total. The third-order valence-electron chi connectivity index (χ3n) is 7.32. The molecule has 0 radical (unpaired) electrons. The average Bonchev–Trinajstić information content (AvgIpc) is 3.00. The van der Waals surface area contributed by atoms with E-state index in [-0.39, 0.29) is 5.91 Å². The van der Waals surface area contributed by atoms with Crippen molar-refractivity contribution in [2.45, 2.75) is 51.9 Å². The van der Waals surface area contributed by atoms with E-state index in [9.17, 15) is 4.79 Å². The van der Waals surface area contributed by atoms with Gasteiger partial charge in [0.2, 0.25) is 5.91 Å². The summed E-state index contributed by atoms with van der Waals surface area (Å²) in [7, 11) is 3.30. The fourth-order valence-electron chi connectivity index (χ4n) is 5.42. The number of benzene rings is 1. The smallest absolute Gasteiger partial charge is 0.227 e. The highest BCUT2D eigenvalue weighted by atomic mass is 16.5. The van der Waals surface area contributed by atoms with Gasteiger partial charge in [0.15, 0.2) is 11.5 Å². The van der Waals surface area contributed by atoms with Gasteiger partial charge in [-0.15, -0.1) is 0 Å². The Balaban J connectivity index is 1.24. The Morgan fingerprint density at radius 3 is 2.62 bits per heavy atom. The van der Waals surface area contributed by atoms with Gasteiger partial charge in [0, 0.05) is 44.0 Å². The third-order valence-corrected chi connectivity index (χ3v) is 7.32. The lowest BCUT2D eigenvalue weighted by Gasteiger charge is -2.33.